The van der Waals surface area contributed by atoms with Crippen LogP contribution in [0, 0.1) is 6.92 Å². The van der Waals surface area contributed by atoms with E-state index < -0.39 is 0 Å². The number of hydrogen-bond donors (Lipinski definition) is 1. The third-order valence-corrected chi connectivity index (χ3v) is 6.09. The molecule has 1 aliphatic rings. The van der Waals surface area contributed by atoms with Crippen LogP contribution in [0.25, 0.3) is 11.4 Å². The minimum absolute atomic E-state index is 0.0577. The molecule has 28 heavy (non-hydrogen) atoms. The smallest absolute Gasteiger partial charge is 0.240 e. The number of aryl methyl sites for hydroxylation is 1. The predicted molar refractivity (Wildman–Crippen MR) is 113 cm³/mol. The number of aromatic nitrogens is 3. The van der Waals surface area contributed by atoms with Crippen molar-refractivity contribution >= 4 is 23.4 Å². The van der Waals surface area contributed by atoms with E-state index in [1.165, 1.54) is 27.6 Å². The number of nitrogens with two attached hydrogens (primary N) is 1. The van der Waals surface area contributed by atoms with Crippen LogP contribution in [0.2, 0.25) is 0 Å². The molecule has 1 amide bonds. The highest BCUT2D eigenvalue weighted by Crippen LogP contribution is 2.34. The van der Waals surface area contributed by atoms with E-state index in [2.05, 4.69) is 23.2 Å². The van der Waals surface area contributed by atoms with Gasteiger partial charge in [-0.15, -0.1) is 10.2 Å². The molecule has 0 bridgehead atoms. The molecule has 4 rings (SSSR count). The van der Waals surface area contributed by atoms with Crippen LogP contribution in [0.4, 0.5) is 5.69 Å². The van der Waals surface area contributed by atoms with Gasteiger partial charge in [0, 0.05) is 17.3 Å². The minimum atomic E-state index is -0.328. The van der Waals surface area contributed by atoms with Gasteiger partial charge < -0.3 is 10.7 Å². The Bertz CT molecular complexity index is 1010. The monoisotopic (exact) mass is 393 g/mol. The molecule has 3 aromatic rings. The molecule has 0 saturated carbocycles. The summed E-state index contributed by atoms with van der Waals surface area (Å²) in [6, 6.07) is 16.2. The Morgan fingerprint density at radius 2 is 1.89 bits per heavy atom. The van der Waals surface area contributed by atoms with Crippen LogP contribution in [0.15, 0.2) is 53.7 Å². The molecule has 0 saturated heterocycles. The van der Waals surface area contributed by atoms with Crippen molar-refractivity contribution in [3.05, 3.63) is 59.7 Å². The number of thioether (sulfide) groups is 1. The molecule has 6 nitrogen and oxygen atoms in total. The summed E-state index contributed by atoms with van der Waals surface area (Å²) in [6.07, 6.45) is 0.879. The van der Waals surface area contributed by atoms with E-state index in [4.69, 9.17) is 5.84 Å². The van der Waals surface area contributed by atoms with Gasteiger partial charge in [0.2, 0.25) is 11.1 Å². The van der Waals surface area contributed by atoms with Crippen molar-refractivity contribution in [1.29, 1.82) is 0 Å². The topological polar surface area (TPSA) is 77.0 Å². The third kappa shape index (κ3) is 3.26. The summed E-state index contributed by atoms with van der Waals surface area (Å²) in [5, 5.41) is 8.62. The number of nitrogen functional groups attached to an aromatic ring is 1. The zero-order valence-electron chi connectivity index (χ0n) is 16.2. The van der Waals surface area contributed by atoms with Gasteiger partial charge in [-0.2, -0.15) is 0 Å². The zero-order chi connectivity index (χ0) is 19.8. The van der Waals surface area contributed by atoms with Crippen molar-refractivity contribution in [2.45, 2.75) is 43.6 Å². The van der Waals surface area contributed by atoms with Crippen molar-refractivity contribution in [1.82, 2.24) is 14.9 Å². The van der Waals surface area contributed by atoms with Gasteiger partial charge >= 0.3 is 0 Å². The molecular weight excluding hydrogens is 370 g/mol. The lowest BCUT2D eigenvalue weighted by atomic mass is 10.1. The van der Waals surface area contributed by atoms with E-state index in [0.717, 1.165) is 17.7 Å². The number of anilines is 1. The lowest BCUT2D eigenvalue weighted by molar-refractivity contribution is -0.118. The maximum atomic E-state index is 13.2. The first-order valence-corrected chi connectivity index (χ1v) is 10.2. The van der Waals surface area contributed by atoms with Crippen molar-refractivity contribution in [3.63, 3.8) is 0 Å². The van der Waals surface area contributed by atoms with Crippen LogP contribution in [-0.2, 0) is 11.2 Å². The molecule has 1 aromatic heterocycles. The SMILES string of the molecule is Cc1ccc(-c2nnc(S[C@@H](C)C(=O)N3c4ccccc4C[C@H]3C)n2N)cc1. The van der Waals surface area contributed by atoms with Crippen molar-refractivity contribution in [2.24, 2.45) is 0 Å². The molecule has 0 radical (unpaired) electrons. The van der Waals surface area contributed by atoms with E-state index in [0.29, 0.717) is 11.0 Å². The second-order valence-corrected chi connectivity index (χ2v) is 8.50. The van der Waals surface area contributed by atoms with Gasteiger partial charge in [0.05, 0.1) is 5.25 Å². The molecule has 2 aromatic carbocycles. The Hall–Kier alpha value is -2.80. The standard InChI is InChI=1S/C21H23N5OS/c1-13-8-10-16(11-9-13)19-23-24-21(26(19)22)28-15(3)20(27)25-14(2)12-17-6-4-5-7-18(17)25/h4-11,14-15H,12,22H2,1-3H3/t14-,15+/m1/s1. The van der Waals surface area contributed by atoms with Crippen LogP contribution in [0.5, 0.6) is 0 Å². The summed E-state index contributed by atoms with van der Waals surface area (Å²) in [5.74, 6) is 6.87. The Labute approximate surface area is 168 Å². The maximum absolute atomic E-state index is 13.2. The molecule has 0 unspecified atom stereocenters. The van der Waals surface area contributed by atoms with Crippen LogP contribution in [0.1, 0.15) is 25.0 Å². The second kappa shape index (κ2) is 7.31. The molecule has 0 aliphatic carbocycles. The Morgan fingerprint density at radius 3 is 2.64 bits per heavy atom. The molecule has 0 spiro atoms. The quantitative estimate of drug-likeness (QED) is 0.543. The second-order valence-electron chi connectivity index (χ2n) is 7.19. The Morgan fingerprint density at radius 1 is 1.18 bits per heavy atom. The van der Waals surface area contributed by atoms with Gasteiger partial charge in [-0.3, -0.25) is 4.79 Å². The summed E-state index contributed by atoms with van der Waals surface area (Å²) in [6.45, 7) is 6.00. The van der Waals surface area contributed by atoms with Crippen molar-refractivity contribution < 1.29 is 4.79 Å². The van der Waals surface area contributed by atoms with Gasteiger partial charge in [0.25, 0.3) is 0 Å². The van der Waals surface area contributed by atoms with E-state index in [-0.39, 0.29) is 17.2 Å². The fourth-order valence-electron chi connectivity index (χ4n) is 3.56. The molecule has 2 atom stereocenters. The average Bonchev–Trinajstić information content (AvgIpc) is 3.21. The Balaban J connectivity index is 1.53. The van der Waals surface area contributed by atoms with Crippen LogP contribution in [0.3, 0.4) is 0 Å². The lowest BCUT2D eigenvalue weighted by Crippen LogP contribution is -2.40. The number of rotatable bonds is 4. The first-order chi connectivity index (χ1) is 13.5. The van der Waals surface area contributed by atoms with Gasteiger partial charge in [0.1, 0.15) is 0 Å². The van der Waals surface area contributed by atoms with E-state index >= 15 is 0 Å². The molecule has 7 heteroatoms. The summed E-state index contributed by atoms with van der Waals surface area (Å²) >= 11 is 1.33. The van der Waals surface area contributed by atoms with Gasteiger partial charge in [0.15, 0.2) is 5.82 Å². The van der Waals surface area contributed by atoms with Crippen molar-refractivity contribution in [3.8, 4) is 11.4 Å². The number of nitrogens with zero attached hydrogens (tertiary/aromatic N) is 4. The predicted octanol–water partition coefficient (Wildman–Crippen LogP) is 3.43. The number of amides is 1. The summed E-state index contributed by atoms with van der Waals surface area (Å²) < 4.78 is 1.46. The van der Waals surface area contributed by atoms with E-state index in [1.807, 2.05) is 61.2 Å². The highest BCUT2D eigenvalue weighted by atomic mass is 32.2. The summed E-state index contributed by atoms with van der Waals surface area (Å²) in [5.41, 5.74) is 4.28. The highest BCUT2D eigenvalue weighted by molar-refractivity contribution is 8.00. The van der Waals surface area contributed by atoms with Crippen LogP contribution >= 0.6 is 11.8 Å². The molecule has 1 aliphatic heterocycles. The van der Waals surface area contributed by atoms with E-state index in [9.17, 15) is 4.79 Å². The first kappa shape index (κ1) is 18.6. The van der Waals surface area contributed by atoms with Gasteiger partial charge in [-0.05, 0) is 38.8 Å². The van der Waals surface area contributed by atoms with Crippen LogP contribution in [-0.4, -0.2) is 32.1 Å². The van der Waals surface area contributed by atoms with E-state index in [1.54, 1.807) is 0 Å². The molecule has 0 fully saturated rings. The molecule has 2 heterocycles. The van der Waals surface area contributed by atoms with Crippen LogP contribution < -0.4 is 10.7 Å². The largest absolute Gasteiger partial charge is 0.335 e. The van der Waals surface area contributed by atoms with Crippen molar-refractivity contribution in [2.75, 3.05) is 10.7 Å². The number of fused-ring (bicyclic) bond motifs is 1. The molecular formula is C21H23N5OS. The fraction of sp³-hybridized carbons (Fsp3) is 0.286. The third-order valence-electron chi connectivity index (χ3n) is 5.05. The first-order valence-electron chi connectivity index (χ1n) is 9.31. The minimum Gasteiger partial charge on any atom is -0.335 e. The lowest BCUT2D eigenvalue weighted by Gasteiger charge is -2.25. The maximum Gasteiger partial charge on any atom is 0.240 e. The Kier molecular flexibility index (Phi) is 4.85. The van der Waals surface area contributed by atoms with Gasteiger partial charge in [-0.25, -0.2) is 4.68 Å². The number of carbonyl (C=O) groups excluding carboxylic acids is 1. The van der Waals surface area contributed by atoms with Gasteiger partial charge in [-0.1, -0.05) is 59.8 Å². The summed E-state index contributed by atoms with van der Waals surface area (Å²) in [7, 11) is 0. The molecule has 2 N–H and O–H groups in total. The molecule has 144 valence electrons. The number of benzene rings is 2. The fourth-order valence-corrected chi connectivity index (χ4v) is 4.38. The zero-order valence-corrected chi connectivity index (χ0v) is 17.0. The average molecular weight is 394 g/mol. The number of para-hydroxylation sites is 1. The number of carbonyl (C=O) groups is 1. The normalized spacial score (nSPS) is 16.8. The number of hydrogen-bond acceptors (Lipinski definition) is 5. The summed E-state index contributed by atoms with van der Waals surface area (Å²) in [4.78, 5) is 15.0. The highest BCUT2D eigenvalue weighted by Gasteiger charge is 2.34.